The molecule has 71 heavy (non-hydrogen) atoms. The van der Waals surface area contributed by atoms with Gasteiger partial charge in [-0.2, -0.15) is 0 Å². The quantitative estimate of drug-likeness (QED) is 0.0497. The number of esters is 2. The van der Waals surface area contributed by atoms with Gasteiger partial charge in [0.1, 0.15) is 23.7 Å². The van der Waals surface area contributed by atoms with E-state index < -0.39 is 48.1 Å². The number of ether oxygens (including phenoxy) is 4. The zero-order chi connectivity index (χ0) is 49.5. The van der Waals surface area contributed by atoms with E-state index >= 15 is 4.79 Å². The second-order valence-corrected chi connectivity index (χ2v) is 20.3. The number of aliphatic hydroxyl groups excluding tert-OH is 2. The van der Waals surface area contributed by atoms with Crippen molar-refractivity contribution in [3.05, 3.63) is 193 Å². The summed E-state index contributed by atoms with van der Waals surface area (Å²) < 4.78 is 32.2. The number of hydrogen-bond donors (Lipinski definition) is 2. The van der Waals surface area contributed by atoms with E-state index in [1.807, 2.05) is 45.0 Å². The van der Waals surface area contributed by atoms with Crippen LogP contribution in [0.15, 0.2) is 148 Å². The molecular formula is C61H66O10. The normalized spacial score (nSPS) is 22.9. The fourth-order valence-electron chi connectivity index (χ4n) is 11.5. The molecule has 6 aromatic rings. The number of carbonyl (C=O) groups excluding carboxylic acids is 2. The number of rotatable bonds is 13. The molecular weight excluding hydrogens is 893 g/mol. The lowest BCUT2D eigenvalue weighted by atomic mass is 9.68. The van der Waals surface area contributed by atoms with E-state index in [4.69, 9.17) is 23.4 Å². The lowest BCUT2D eigenvalue weighted by Crippen LogP contribution is -2.54. The van der Waals surface area contributed by atoms with E-state index in [1.165, 1.54) is 22.3 Å². The first-order valence-electron chi connectivity index (χ1n) is 25.4. The summed E-state index contributed by atoms with van der Waals surface area (Å²) in [6.07, 6.45) is 4.31. The minimum absolute atomic E-state index is 0.0141. The van der Waals surface area contributed by atoms with E-state index in [0.717, 1.165) is 48.8 Å². The summed E-state index contributed by atoms with van der Waals surface area (Å²) in [4.78, 5) is 44.1. The minimum atomic E-state index is -1.22. The van der Waals surface area contributed by atoms with Crippen LogP contribution in [0.25, 0.3) is 11.0 Å². The van der Waals surface area contributed by atoms with Crippen molar-refractivity contribution in [1.82, 2.24) is 0 Å². The van der Waals surface area contributed by atoms with Crippen LogP contribution in [0.1, 0.15) is 141 Å². The predicted molar refractivity (Wildman–Crippen MR) is 273 cm³/mol. The van der Waals surface area contributed by atoms with Crippen molar-refractivity contribution in [2.24, 2.45) is 5.92 Å². The molecule has 2 bridgehead atoms. The first kappa shape index (κ1) is 49.6. The fraction of sp³-hybridized carbons (Fsp3) is 0.393. The smallest absolute Gasteiger partial charge is 0.339 e. The molecule has 4 heterocycles. The highest BCUT2D eigenvalue weighted by atomic mass is 16.6. The fourth-order valence-corrected chi connectivity index (χ4v) is 11.5. The molecule has 5 aromatic carbocycles. The van der Waals surface area contributed by atoms with E-state index in [0.29, 0.717) is 48.0 Å². The van der Waals surface area contributed by atoms with Crippen molar-refractivity contribution in [3.63, 3.8) is 0 Å². The lowest BCUT2D eigenvalue weighted by Gasteiger charge is -2.45. The molecule has 2 N–H and O–H groups in total. The van der Waals surface area contributed by atoms with Gasteiger partial charge in [0.15, 0.2) is 12.2 Å². The second-order valence-electron chi connectivity index (χ2n) is 20.3. The maximum absolute atomic E-state index is 15.2. The van der Waals surface area contributed by atoms with Gasteiger partial charge in [-0.25, -0.2) is 9.59 Å². The third kappa shape index (κ3) is 11.4. The number of fused-ring (bicyclic) bond motifs is 11. The molecule has 0 spiro atoms. The molecule has 7 atom stereocenters. The van der Waals surface area contributed by atoms with Crippen molar-refractivity contribution in [3.8, 4) is 5.75 Å². The molecule has 0 unspecified atom stereocenters. The maximum atomic E-state index is 15.2. The molecule has 1 aliphatic carbocycles. The Bertz CT molecular complexity index is 2880. The predicted octanol–water partition coefficient (Wildman–Crippen LogP) is 11.5. The molecule has 370 valence electrons. The molecule has 3 aliphatic heterocycles. The van der Waals surface area contributed by atoms with Gasteiger partial charge in [0.25, 0.3) is 0 Å². The molecule has 0 amide bonds. The van der Waals surface area contributed by atoms with E-state index in [-0.39, 0.29) is 55.0 Å². The average molecular weight is 959 g/mol. The van der Waals surface area contributed by atoms with Gasteiger partial charge in [-0.1, -0.05) is 115 Å². The lowest BCUT2D eigenvalue weighted by molar-refractivity contribution is -0.192. The third-order valence-corrected chi connectivity index (χ3v) is 15.2. The number of allylic oxidation sites excluding steroid dienone is 1. The van der Waals surface area contributed by atoms with Crippen LogP contribution in [-0.2, 0) is 43.1 Å². The highest BCUT2D eigenvalue weighted by Crippen LogP contribution is 2.51. The van der Waals surface area contributed by atoms with Crippen molar-refractivity contribution >= 4 is 22.9 Å². The molecule has 10 heteroatoms. The van der Waals surface area contributed by atoms with Crippen LogP contribution < -0.4 is 10.4 Å². The Morgan fingerprint density at radius 2 is 1.54 bits per heavy atom. The first-order chi connectivity index (χ1) is 34.5. The van der Waals surface area contributed by atoms with E-state index in [2.05, 4.69) is 84.9 Å². The highest BCUT2D eigenvalue weighted by Gasteiger charge is 2.53. The SMILES string of the molecule is CC(C)=C1CCc2ccc(cc2)[C@@H]2CC[C@@H](c3cccc(Cc4ccccc4)c3)C[C@H]2CC(=O)O[C@@H]2c3c(ccc4cc([C@H](CCO)COCO)c(=O)oc34)O[C@@](C)(CCCc3ccccc3)[C@H]2OC1=O. The van der Waals surface area contributed by atoms with Gasteiger partial charge in [-0.05, 0) is 154 Å². The van der Waals surface area contributed by atoms with Crippen molar-refractivity contribution in [2.45, 2.75) is 127 Å². The third-order valence-electron chi connectivity index (χ3n) is 15.2. The molecule has 0 radical (unpaired) electrons. The van der Waals surface area contributed by atoms with Crippen LogP contribution in [0, 0.1) is 5.92 Å². The molecule has 1 aromatic heterocycles. The Morgan fingerprint density at radius 3 is 2.27 bits per heavy atom. The van der Waals surface area contributed by atoms with Crippen LogP contribution in [-0.4, -0.2) is 53.9 Å². The summed E-state index contributed by atoms with van der Waals surface area (Å²) in [7, 11) is 0. The first-order valence-corrected chi connectivity index (χ1v) is 25.4. The van der Waals surface area contributed by atoms with Crippen molar-refractivity contribution < 1.29 is 43.2 Å². The number of aryl methyl sites for hydroxylation is 2. The molecule has 1 fully saturated rings. The van der Waals surface area contributed by atoms with Gasteiger partial charge in [0.2, 0.25) is 0 Å². The molecule has 1 saturated carbocycles. The van der Waals surface area contributed by atoms with Crippen molar-refractivity contribution in [2.75, 3.05) is 20.0 Å². The largest absolute Gasteiger partial charge is 0.483 e. The summed E-state index contributed by atoms with van der Waals surface area (Å²) in [5.41, 5.74) is 7.43. The topological polar surface area (TPSA) is 142 Å². The van der Waals surface area contributed by atoms with Crippen LogP contribution in [0.3, 0.4) is 0 Å². The van der Waals surface area contributed by atoms with Gasteiger partial charge in [0, 0.05) is 35.5 Å². The summed E-state index contributed by atoms with van der Waals surface area (Å²) >= 11 is 0. The molecule has 0 saturated heterocycles. The summed E-state index contributed by atoms with van der Waals surface area (Å²) in [5, 5.41) is 19.9. The summed E-state index contributed by atoms with van der Waals surface area (Å²) in [6, 6.07) is 43.5. The summed E-state index contributed by atoms with van der Waals surface area (Å²) in [6.45, 7) is 4.96. The van der Waals surface area contributed by atoms with Crippen LogP contribution in [0.2, 0.25) is 0 Å². The Hall–Kier alpha value is -6.33. The van der Waals surface area contributed by atoms with Gasteiger partial charge < -0.3 is 33.6 Å². The number of hydrogen-bond acceptors (Lipinski definition) is 10. The van der Waals surface area contributed by atoms with E-state index in [9.17, 15) is 19.8 Å². The standard InChI is InChI=1S/C61H66O10/c1-39(2)50-26-21-41-19-22-44(23-20-41)51-27-24-46(45-18-10-16-43(33-45)32-42-14-8-5-9-15-42)34-49(51)36-54(64)68-57-55-53(28-25-47-35-52(60(66)69-56(47)55)48(29-31-62)37-67-38-63)71-61(3,58(57)70-59(50)65)30-11-17-40-12-6-4-7-13-40/h4-10,12-16,18-20,22-23,25,28,33,35,46,48-49,51,57-58,62-63H,11,17,21,24,26-27,29-32,34,36-38H2,1-3H3/t46-,48-,49+,51+,57-,58+,61+/m1/s1. The molecule has 10 nitrogen and oxygen atoms in total. The highest BCUT2D eigenvalue weighted by molar-refractivity contribution is 5.90. The zero-order valence-corrected chi connectivity index (χ0v) is 41.1. The molecule has 4 aliphatic rings. The van der Waals surface area contributed by atoms with Crippen LogP contribution >= 0.6 is 0 Å². The van der Waals surface area contributed by atoms with Gasteiger partial charge in [-0.3, -0.25) is 4.79 Å². The monoisotopic (exact) mass is 958 g/mol. The van der Waals surface area contributed by atoms with Gasteiger partial charge in [0.05, 0.1) is 12.2 Å². The Labute approximate surface area is 416 Å². The zero-order valence-electron chi connectivity index (χ0n) is 41.1. The number of aliphatic hydroxyl groups is 2. The van der Waals surface area contributed by atoms with Gasteiger partial charge in [-0.15, -0.1) is 0 Å². The van der Waals surface area contributed by atoms with Crippen molar-refractivity contribution in [1.29, 1.82) is 0 Å². The van der Waals surface area contributed by atoms with Crippen LogP contribution in [0.4, 0.5) is 0 Å². The second kappa shape index (κ2) is 22.4. The summed E-state index contributed by atoms with van der Waals surface area (Å²) in [5.74, 6) is -0.939. The average Bonchev–Trinajstić information content (AvgIpc) is 3.36. The Morgan fingerprint density at radius 1 is 0.789 bits per heavy atom. The maximum Gasteiger partial charge on any atom is 0.339 e. The Balaban J connectivity index is 1.13. The van der Waals surface area contributed by atoms with Gasteiger partial charge >= 0.3 is 17.6 Å². The molecule has 10 rings (SSSR count). The Kier molecular flexibility index (Phi) is 15.7. The number of benzene rings is 5. The minimum Gasteiger partial charge on any atom is -0.483 e. The van der Waals surface area contributed by atoms with Crippen LogP contribution in [0.5, 0.6) is 5.75 Å². The number of carbonyl (C=O) groups is 2. The van der Waals surface area contributed by atoms with E-state index in [1.54, 1.807) is 18.2 Å².